The molecule has 0 aliphatic carbocycles. The van der Waals surface area contributed by atoms with Crippen molar-refractivity contribution in [1.29, 1.82) is 0 Å². The van der Waals surface area contributed by atoms with Crippen LogP contribution in [0.4, 0.5) is 5.13 Å². The average Bonchev–Trinajstić information content (AvgIpc) is 3.47. The molecule has 0 saturated carbocycles. The second kappa shape index (κ2) is 9.38. The predicted molar refractivity (Wildman–Crippen MR) is 123 cm³/mol. The van der Waals surface area contributed by atoms with Crippen LogP contribution in [-0.4, -0.2) is 35.4 Å². The fourth-order valence-corrected chi connectivity index (χ4v) is 4.07. The average molecular weight is 472 g/mol. The van der Waals surface area contributed by atoms with Gasteiger partial charge in [0, 0.05) is 23.1 Å². The van der Waals surface area contributed by atoms with Crippen molar-refractivity contribution in [3.05, 3.63) is 87.1 Å². The normalized spacial score (nSPS) is 10.9. The van der Waals surface area contributed by atoms with E-state index in [1.54, 1.807) is 17.0 Å². The molecule has 0 aliphatic rings. The molecule has 0 unspecified atom stereocenters. The molecule has 31 heavy (non-hydrogen) atoms. The smallest absolute Gasteiger partial charge is 0.260 e. The van der Waals surface area contributed by atoms with E-state index in [4.69, 9.17) is 23.8 Å². The summed E-state index contributed by atoms with van der Waals surface area (Å²) in [6.45, 7) is 4.78. The van der Waals surface area contributed by atoms with Crippen LogP contribution in [0.3, 0.4) is 0 Å². The van der Waals surface area contributed by atoms with E-state index >= 15 is 0 Å². The minimum Gasteiger partial charge on any atom is -0.300 e. The van der Waals surface area contributed by atoms with Gasteiger partial charge in [-0.1, -0.05) is 35.9 Å². The number of rotatable bonds is 8. The zero-order chi connectivity index (χ0) is 21.8. The Morgan fingerprint density at radius 3 is 3.03 bits per heavy atom. The third-order valence-corrected chi connectivity index (χ3v) is 5.93. The molecule has 0 fully saturated rings. The number of benzene rings is 1. The first-order valence-electron chi connectivity index (χ1n) is 9.30. The number of carbonyl (C=O) groups is 1. The molecule has 0 radical (unpaired) electrons. The Labute approximate surface area is 192 Å². The van der Waals surface area contributed by atoms with Gasteiger partial charge in [-0.05, 0) is 23.8 Å². The minimum absolute atomic E-state index is 0.277. The molecule has 158 valence electrons. The number of amides is 1. The minimum atomic E-state index is -0.277. The quantitative estimate of drug-likeness (QED) is 0.295. The summed E-state index contributed by atoms with van der Waals surface area (Å²) in [7, 11) is 0. The van der Waals surface area contributed by atoms with Crippen molar-refractivity contribution in [3.63, 3.8) is 0 Å². The fraction of sp³-hybridized carbons (Fsp3) is 0.150. The van der Waals surface area contributed by atoms with Gasteiger partial charge in [-0.25, -0.2) is 4.98 Å². The Kier molecular flexibility index (Phi) is 6.40. The number of H-pyrrole nitrogens is 1. The summed E-state index contributed by atoms with van der Waals surface area (Å²) in [5, 5.41) is 17.1. The first-order valence-corrected chi connectivity index (χ1v) is 11.0. The van der Waals surface area contributed by atoms with E-state index in [-0.39, 0.29) is 5.91 Å². The summed E-state index contributed by atoms with van der Waals surface area (Å²) in [6, 6.07) is 7.53. The van der Waals surface area contributed by atoms with Crippen molar-refractivity contribution in [1.82, 2.24) is 29.5 Å². The number of aromatic amines is 1. The van der Waals surface area contributed by atoms with E-state index in [1.807, 2.05) is 34.2 Å². The topological polar surface area (TPSA) is 93.4 Å². The summed E-state index contributed by atoms with van der Waals surface area (Å²) in [5.41, 5.74) is 2.16. The van der Waals surface area contributed by atoms with Crippen LogP contribution in [0.15, 0.2) is 54.7 Å². The lowest BCUT2D eigenvalue weighted by Crippen LogP contribution is -2.11. The molecule has 1 aromatic carbocycles. The lowest BCUT2D eigenvalue weighted by atomic mass is 10.2. The number of anilines is 1. The Balaban J connectivity index is 1.40. The molecule has 0 atom stereocenters. The Hall–Kier alpha value is -3.08. The summed E-state index contributed by atoms with van der Waals surface area (Å²) >= 11 is 12.8. The van der Waals surface area contributed by atoms with Gasteiger partial charge in [0.2, 0.25) is 0 Å². The van der Waals surface area contributed by atoms with Crippen molar-refractivity contribution < 1.29 is 4.79 Å². The van der Waals surface area contributed by atoms with Crippen LogP contribution in [0.25, 0.3) is 0 Å². The second-order valence-electron chi connectivity index (χ2n) is 6.64. The highest BCUT2D eigenvalue weighted by molar-refractivity contribution is 7.71. The molecular formula is C20H18ClN7OS2. The maximum absolute atomic E-state index is 12.6. The zero-order valence-electron chi connectivity index (χ0n) is 16.3. The monoisotopic (exact) mass is 471 g/mol. The second-order valence-corrected chi connectivity index (χ2v) is 8.29. The van der Waals surface area contributed by atoms with E-state index in [0.717, 1.165) is 17.1 Å². The molecule has 2 N–H and O–H groups in total. The van der Waals surface area contributed by atoms with Crippen LogP contribution in [0.1, 0.15) is 27.4 Å². The molecule has 3 aromatic heterocycles. The van der Waals surface area contributed by atoms with E-state index in [2.05, 4.69) is 32.2 Å². The highest BCUT2D eigenvalue weighted by Gasteiger charge is 2.14. The van der Waals surface area contributed by atoms with Gasteiger partial charge in [0.05, 0.1) is 30.4 Å². The van der Waals surface area contributed by atoms with Gasteiger partial charge in [0.25, 0.3) is 5.91 Å². The van der Waals surface area contributed by atoms with Gasteiger partial charge in [-0.15, -0.1) is 17.9 Å². The summed E-state index contributed by atoms with van der Waals surface area (Å²) in [4.78, 5) is 17.1. The van der Waals surface area contributed by atoms with Crippen molar-refractivity contribution >= 4 is 46.2 Å². The summed E-state index contributed by atoms with van der Waals surface area (Å²) in [6.07, 6.45) is 5.45. The molecule has 8 nitrogen and oxygen atoms in total. The molecule has 4 rings (SSSR count). The van der Waals surface area contributed by atoms with E-state index < -0.39 is 0 Å². The third-order valence-electron chi connectivity index (χ3n) is 4.45. The van der Waals surface area contributed by atoms with Crippen molar-refractivity contribution in [3.8, 4) is 0 Å². The lowest BCUT2D eigenvalue weighted by molar-refractivity contribution is 0.102. The van der Waals surface area contributed by atoms with Crippen LogP contribution in [0.5, 0.6) is 0 Å². The van der Waals surface area contributed by atoms with Crippen molar-refractivity contribution in [2.75, 3.05) is 5.32 Å². The SMILES string of the molecule is C=CCn1c(Cc2csc(NC(=O)c3cnn(Cc4ccccc4Cl)c3)n2)n[nH]c1=S. The number of nitrogens with one attached hydrogen (secondary N) is 2. The number of halogens is 1. The number of thiazole rings is 1. The number of hydrogen-bond donors (Lipinski definition) is 2. The number of allylic oxidation sites excluding steroid dienone is 1. The Morgan fingerprint density at radius 1 is 1.39 bits per heavy atom. The first kappa shape index (κ1) is 21.2. The van der Waals surface area contributed by atoms with Gasteiger partial charge in [-0.3, -0.25) is 24.5 Å². The first-order chi connectivity index (χ1) is 15.0. The van der Waals surface area contributed by atoms with Crippen LogP contribution >= 0.6 is 35.2 Å². The summed E-state index contributed by atoms with van der Waals surface area (Å²) < 4.78 is 4.06. The Bertz CT molecular complexity index is 1290. The Morgan fingerprint density at radius 2 is 2.23 bits per heavy atom. The van der Waals surface area contributed by atoms with Crippen LogP contribution < -0.4 is 5.32 Å². The molecule has 0 spiro atoms. The van der Waals surface area contributed by atoms with Gasteiger partial charge < -0.3 is 0 Å². The van der Waals surface area contributed by atoms with Crippen LogP contribution in [0.2, 0.25) is 5.02 Å². The molecule has 1 amide bonds. The molecule has 0 saturated heterocycles. The maximum Gasteiger partial charge on any atom is 0.260 e. The lowest BCUT2D eigenvalue weighted by Gasteiger charge is -2.03. The predicted octanol–water partition coefficient (Wildman–Crippen LogP) is 4.32. The van der Waals surface area contributed by atoms with Crippen molar-refractivity contribution in [2.24, 2.45) is 0 Å². The molecule has 0 aliphatic heterocycles. The number of carbonyl (C=O) groups excluding carboxylic acids is 1. The highest BCUT2D eigenvalue weighted by atomic mass is 35.5. The van der Waals surface area contributed by atoms with E-state index in [9.17, 15) is 4.79 Å². The fourth-order valence-electron chi connectivity index (χ4n) is 2.95. The maximum atomic E-state index is 12.6. The molecule has 4 aromatic rings. The number of hydrogen-bond acceptors (Lipinski definition) is 6. The largest absolute Gasteiger partial charge is 0.300 e. The molecule has 11 heteroatoms. The van der Waals surface area contributed by atoms with Gasteiger partial charge in [0.1, 0.15) is 5.82 Å². The number of aromatic nitrogens is 6. The van der Waals surface area contributed by atoms with Gasteiger partial charge in [0.15, 0.2) is 9.90 Å². The molecular weight excluding hydrogens is 454 g/mol. The summed E-state index contributed by atoms with van der Waals surface area (Å²) in [5.74, 6) is 0.481. The zero-order valence-corrected chi connectivity index (χ0v) is 18.7. The van der Waals surface area contributed by atoms with Crippen LogP contribution in [0, 0.1) is 4.77 Å². The van der Waals surface area contributed by atoms with E-state index in [0.29, 0.717) is 40.0 Å². The molecule has 3 heterocycles. The van der Waals surface area contributed by atoms with E-state index in [1.165, 1.54) is 17.5 Å². The van der Waals surface area contributed by atoms with Gasteiger partial charge in [-0.2, -0.15) is 10.2 Å². The third kappa shape index (κ3) is 4.98. The highest BCUT2D eigenvalue weighted by Crippen LogP contribution is 2.19. The number of nitrogens with zero attached hydrogens (tertiary/aromatic N) is 5. The van der Waals surface area contributed by atoms with Gasteiger partial charge >= 0.3 is 0 Å². The van der Waals surface area contributed by atoms with Crippen LogP contribution in [-0.2, 0) is 19.5 Å². The molecule has 0 bridgehead atoms. The van der Waals surface area contributed by atoms with Crippen molar-refractivity contribution in [2.45, 2.75) is 19.5 Å². The standard InChI is InChI=1S/C20H18ClN7OS2/c1-2-7-28-17(25-26-20(28)30)8-15-12-31-19(23-15)24-18(29)14-9-22-27(11-14)10-13-5-3-4-6-16(13)21/h2-6,9,11-12H,1,7-8,10H2,(H,26,30)(H,23,24,29).